The molecule has 1 amide bonds. The number of ether oxygens (including phenoxy) is 1. The molecule has 1 fully saturated rings. The minimum Gasteiger partial charge on any atom is -0.459 e. The minimum atomic E-state index is -0.319. The van der Waals surface area contributed by atoms with E-state index in [1.807, 2.05) is 36.4 Å². The Morgan fingerprint density at radius 1 is 1.07 bits per heavy atom. The van der Waals surface area contributed by atoms with Crippen molar-refractivity contribution in [3.8, 4) is 0 Å². The second kappa shape index (κ2) is 8.62. The van der Waals surface area contributed by atoms with Crippen molar-refractivity contribution < 1.29 is 14.3 Å². The van der Waals surface area contributed by atoms with Gasteiger partial charge in [-0.15, -0.1) is 0 Å². The number of benzene rings is 2. The van der Waals surface area contributed by atoms with E-state index in [9.17, 15) is 9.59 Å². The fraction of sp³-hybridized carbons (Fsp3) is 0.261. The van der Waals surface area contributed by atoms with Crippen LogP contribution in [0.5, 0.6) is 0 Å². The standard InChI is InChI=1S/C23H21ClN2O3/c24-19-10-7-17(8-11-19)22(27)26-13-3-5-18(14-26)23(28)29-15-20-12-9-16-4-1-2-6-21(16)25-20/h1-2,4,6-12,18H,3,5,13-15H2/t18-/m1/s1. The van der Waals surface area contributed by atoms with E-state index < -0.39 is 0 Å². The number of nitrogens with zero attached hydrogens (tertiary/aromatic N) is 2. The second-order valence-corrected chi connectivity index (χ2v) is 7.64. The summed E-state index contributed by atoms with van der Waals surface area (Å²) in [7, 11) is 0. The molecule has 0 bridgehead atoms. The number of likely N-dealkylation sites (tertiary alicyclic amines) is 1. The average Bonchev–Trinajstić information content (AvgIpc) is 2.77. The van der Waals surface area contributed by atoms with E-state index in [1.165, 1.54) is 0 Å². The summed E-state index contributed by atoms with van der Waals surface area (Å²) in [5.74, 6) is -0.690. The molecule has 2 aromatic carbocycles. The summed E-state index contributed by atoms with van der Waals surface area (Å²) in [5.41, 5.74) is 2.16. The van der Waals surface area contributed by atoms with Gasteiger partial charge in [-0.2, -0.15) is 0 Å². The first kappa shape index (κ1) is 19.4. The minimum absolute atomic E-state index is 0.0876. The normalized spacial score (nSPS) is 16.6. The number of para-hydroxylation sites is 1. The molecule has 1 aromatic heterocycles. The highest BCUT2D eigenvalue weighted by Gasteiger charge is 2.30. The predicted octanol–water partition coefficient (Wildman–Crippen LogP) is 4.48. The molecule has 0 saturated carbocycles. The summed E-state index contributed by atoms with van der Waals surface area (Å²) in [5, 5.41) is 1.63. The van der Waals surface area contributed by atoms with Crippen LogP contribution in [0.4, 0.5) is 0 Å². The maximum Gasteiger partial charge on any atom is 0.311 e. The van der Waals surface area contributed by atoms with Gasteiger partial charge in [-0.1, -0.05) is 35.9 Å². The first-order valence-corrected chi connectivity index (χ1v) is 10.0. The van der Waals surface area contributed by atoms with E-state index >= 15 is 0 Å². The second-order valence-electron chi connectivity index (χ2n) is 7.20. The van der Waals surface area contributed by atoms with Crippen LogP contribution in [0, 0.1) is 5.92 Å². The Hall–Kier alpha value is -2.92. The quantitative estimate of drug-likeness (QED) is 0.597. The van der Waals surface area contributed by atoms with E-state index in [0.29, 0.717) is 35.8 Å². The molecule has 1 atom stereocenters. The van der Waals surface area contributed by atoms with Crippen LogP contribution in [-0.4, -0.2) is 34.8 Å². The van der Waals surface area contributed by atoms with Crippen molar-refractivity contribution in [1.82, 2.24) is 9.88 Å². The SMILES string of the molecule is O=C(OCc1ccc2ccccc2n1)[C@@H]1CCCN(C(=O)c2ccc(Cl)cc2)C1. The van der Waals surface area contributed by atoms with Crippen LogP contribution in [-0.2, 0) is 16.1 Å². The van der Waals surface area contributed by atoms with Crippen LogP contribution >= 0.6 is 11.6 Å². The molecule has 0 aliphatic carbocycles. The molecule has 2 heterocycles. The molecule has 4 rings (SSSR count). The number of pyridine rings is 1. The van der Waals surface area contributed by atoms with E-state index in [-0.39, 0.29) is 24.4 Å². The van der Waals surface area contributed by atoms with Gasteiger partial charge in [-0.05, 0) is 49.2 Å². The van der Waals surface area contributed by atoms with Gasteiger partial charge in [0.2, 0.25) is 0 Å². The van der Waals surface area contributed by atoms with E-state index in [0.717, 1.165) is 17.3 Å². The third-order valence-electron chi connectivity index (χ3n) is 5.15. The van der Waals surface area contributed by atoms with Crippen molar-refractivity contribution in [2.24, 2.45) is 5.92 Å². The molecule has 1 aliphatic heterocycles. The molecule has 148 valence electrons. The monoisotopic (exact) mass is 408 g/mol. The number of esters is 1. The van der Waals surface area contributed by atoms with Gasteiger partial charge in [0, 0.05) is 29.1 Å². The molecule has 0 spiro atoms. The van der Waals surface area contributed by atoms with Gasteiger partial charge in [0.25, 0.3) is 5.91 Å². The first-order chi connectivity index (χ1) is 14.1. The number of amides is 1. The summed E-state index contributed by atoms with van der Waals surface area (Å²) in [6.07, 6.45) is 1.49. The lowest BCUT2D eigenvalue weighted by Crippen LogP contribution is -2.42. The van der Waals surface area contributed by atoms with Gasteiger partial charge in [0.05, 0.1) is 17.1 Å². The van der Waals surface area contributed by atoms with E-state index in [2.05, 4.69) is 4.98 Å². The van der Waals surface area contributed by atoms with E-state index in [4.69, 9.17) is 16.3 Å². The summed E-state index contributed by atoms with van der Waals surface area (Å²) in [4.78, 5) is 31.5. The van der Waals surface area contributed by atoms with Crippen LogP contribution in [0.15, 0.2) is 60.7 Å². The summed E-state index contributed by atoms with van der Waals surface area (Å²) in [6, 6.07) is 18.5. The van der Waals surface area contributed by atoms with Crippen molar-refractivity contribution in [2.75, 3.05) is 13.1 Å². The molecule has 0 N–H and O–H groups in total. The number of hydrogen-bond acceptors (Lipinski definition) is 4. The largest absolute Gasteiger partial charge is 0.459 e. The topological polar surface area (TPSA) is 59.5 Å². The van der Waals surface area contributed by atoms with Gasteiger partial charge < -0.3 is 9.64 Å². The fourth-order valence-electron chi connectivity index (χ4n) is 3.58. The van der Waals surface area contributed by atoms with Gasteiger partial charge in [-0.3, -0.25) is 9.59 Å². The molecule has 0 unspecified atom stereocenters. The number of fused-ring (bicyclic) bond motifs is 1. The Morgan fingerprint density at radius 3 is 2.69 bits per heavy atom. The van der Waals surface area contributed by atoms with Gasteiger partial charge in [0.15, 0.2) is 0 Å². The molecular weight excluding hydrogens is 388 g/mol. The lowest BCUT2D eigenvalue weighted by Gasteiger charge is -2.31. The van der Waals surface area contributed by atoms with Crippen LogP contribution < -0.4 is 0 Å². The van der Waals surface area contributed by atoms with Gasteiger partial charge >= 0.3 is 5.97 Å². The number of piperidine rings is 1. The Balaban J connectivity index is 1.36. The number of halogens is 1. The molecular formula is C23H21ClN2O3. The Kier molecular flexibility index (Phi) is 5.76. The lowest BCUT2D eigenvalue weighted by atomic mass is 9.97. The average molecular weight is 409 g/mol. The molecule has 1 saturated heterocycles. The third kappa shape index (κ3) is 4.57. The smallest absolute Gasteiger partial charge is 0.311 e. The highest BCUT2D eigenvalue weighted by atomic mass is 35.5. The zero-order chi connectivity index (χ0) is 20.2. The highest BCUT2D eigenvalue weighted by molar-refractivity contribution is 6.30. The number of carbonyl (C=O) groups excluding carboxylic acids is 2. The third-order valence-corrected chi connectivity index (χ3v) is 5.40. The summed E-state index contributed by atoms with van der Waals surface area (Å²) >= 11 is 5.89. The van der Waals surface area contributed by atoms with Crippen LogP contribution in [0.2, 0.25) is 5.02 Å². The van der Waals surface area contributed by atoms with Crippen molar-refractivity contribution in [3.63, 3.8) is 0 Å². The van der Waals surface area contributed by atoms with Gasteiger partial charge in [0.1, 0.15) is 6.61 Å². The Bertz CT molecular complexity index is 1040. The number of aromatic nitrogens is 1. The maximum atomic E-state index is 12.7. The molecule has 29 heavy (non-hydrogen) atoms. The zero-order valence-electron chi connectivity index (χ0n) is 15.9. The predicted molar refractivity (Wildman–Crippen MR) is 112 cm³/mol. The highest BCUT2D eigenvalue weighted by Crippen LogP contribution is 2.21. The van der Waals surface area contributed by atoms with Gasteiger partial charge in [-0.25, -0.2) is 4.98 Å². The molecule has 0 radical (unpaired) electrons. The summed E-state index contributed by atoms with van der Waals surface area (Å²) < 4.78 is 5.51. The fourth-order valence-corrected chi connectivity index (χ4v) is 3.71. The van der Waals surface area contributed by atoms with Crippen LogP contribution in [0.1, 0.15) is 28.9 Å². The zero-order valence-corrected chi connectivity index (χ0v) is 16.6. The maximum absolute atomic E-state index is 12.7. The first-order valence-electron chi connectivity index (χ1n) is 9.66. The summed E-state index contributed by atoms with van der Waals surface area (Å²) in [6.45, 7) is 1.13. The molecule has 3 aromatic rings. The lowest BCUT2D eigenvalue weighted by molar-refractivity contribution is -0.151. The number of hydrogen-bond donors (Lipinski definition) is 0. The Morgan fingerprint density at radius 2 is 1.86 bits per heavy atom. The molecule has 1 aliphatic rings. The van der Waals surface area contributed by atoms with E-state index in [1.54, 1.807) is 29.2 Å². The molecule has 6 heteroatoms. The Labute approximate surface area is 174 Å². The van der Waals surface area contributed by atoms with Crippen molar-refractivity contribution in [2.45, 2.75) is 19.4 Å². The van der Waals surface area contributed by atoms with Crippen molar-refractivity contribution in [3.05, 3.63) is 76.9 Å². The van der Waals surface area contributed by atoms with Crippen LogP contribution in [0.25, 0.3) is 10.9 Å². The van der Waals surface area contributed by atoms with Crippen molar-refractivity contribution >= 4 is 34.4 Å². The number of carbonyl (C=O) groups is 2. The van der Waals surface area contributed by atoms with Crippen LogP contribution in [0.3, 0.4) is 0 Å². The number of rotatable bonds is 4. The molecule has 5 nitrogen and oxygen atoms in total. The van der Waals surface area contributed by atoms with Crippen molar-refractivity contribution in [1.29, 1.82) is 0 Å².